The first-order valence-electron chi connectivity index (χ1n) is 6.40. The molecule has 20 heavy (non-hydrogen) atoms. The monoisotopic (exact) mass is 271 g/mol. The number of fused-ring (bicyclic) bond motifs is 2. The maximum atomic E-state index is 11.9. The van der Waals surface area contributed by atoms with Crippen LogP contribution in [0.3, 0.4) is 0 Å². The molecule has 1 aliphatic carbocycles. The average Bonchev–Trinajstić information content (AvgIpc) is 2.39. The number of carboxylic acids is 1. The normalized spacial score (nSPS) is 20.6. The van der Waals surface area contributed by atoms with Gasteiger partial charge in [-0.15, -0.1) is 0 Å². The molecule has 0 unspecified atom stereocenters. The van der Waals surface area contributed by atoms with Crippen LogP contribution in [0.5, 0.6) is 0 Å². The number of rotatable bonds is 1. The van der Waals surface area contributed by atoms with Crippen LogP contribution in [0, 0.1) is 0 Å². The fraction of sp³-hybridized carbons (Fsp3) is 0.267. The molecule has 5 nitrogen and oxygen atoms in total. The van der Waals surface area contributed by atoms with E-state index in [1.807, 2.05) is 6.92 Å². The van der Waals surface area contributed by atoms with Crippen LogP contribution >= 0.6 is 0 Å². The molecule has 2 aliphatic rings. The number of aromatic carboxylic acids is 1. The highest BCUT2D eigenvalue weighted by atomic mass is 16.4. The Morgan fingerprint density at radius 2 is 2.10 bits per heavy atom. The molecule has 0 fully saturated rings. The summed E-state index contributed by atoms with van der Waals surface area (Å²) in [6, 6.07) is 1.39. The second-order valence-electron chi connectivity index (χ2n) is 5.18. The Hall–Kier alpha value is -2.43. The van der Waals surface area contributed by atoms with Crippen LogP contribution in [0.25, 0.3) is 5.57 Å². The van der Waals surface area contributed by atoms with E-state index in [2.05, 4.69) is 0 Å². The summed E-state index contributed by atoms with van der Waals surface area (Å²) >= 11 is 0. The van der Waals surface area contributed by atoms with E-state index in [1.54, 1.807) is 16.7 Å². The van der Waals surface area contributed by atoms with E-state index in [0.29, 0.717) is 5.69 Å². The van der Waals surface area contributed by atoms with Crippen LogP contribution in [0.4, 0.5) is 0 Å². The van der Waals surface area contributed by atoms with E-state index >= 15 is 0 Å². The third-order valence-electron chi connectivity index (χ3n) is 3.82. The summed E-state index contributed by atoms with van der Waals surface area (Å²) in [5.74, 6) is -1.23. The maximum absolute atomic E-state index is 11.9. The Bertz CT molecular complexity index is 752. The standard InChI is InChI=1S/C15H13NO4/c1-8-4-9-2-3-10(17)5-11(9)13-6-14(18)12(15(19)20)7-16(8)13/h2-3,6-8H,4-5H2,1H3,(H,19,20)/t8-/m0/s1. The lowest BCUT2D eigenvalue weighted by Gasteiger charge is -2.30. The number of aromatic nitrogens is 1. The molecule has 0 amide bonds. The second kappa shape index (κ2) is 4.30. The third kappa shape index (κ3) is 1.82. The fourth-order valence-electron chi connectivity index (χ4n) is 2.82. The summed E-state index contributed by atoms with van der Waals surface area (Å²) in [7, 11) is 0. The molecule has 0 spiro atoms. The van der Waals surface area contributed by atoms with Crippen molar-refractivity contribution >= 4 is 17.3 Å². The minimum atomic E-state index is -1.23. The number of hydrogen-bond donors (Lipinski definition) is 1. The second-order valence-corrected chi connectivity index (χ2v) is 5.18. The zero-order valence-corrected chi connectivity index (χ0v) is 10.9. The van der Waals surface area contributed by atoms with E-state index < -0.39 is 11.4 Å². The SMILES string of the molecule is C[C@H]1CC2=C(CC(=O)C=C2)c2cc(=O)c(C(=O)O)cn21. The number of ketones is 1. The Morgan fingerprint density at radius 1 is 1.35 bits per heavy atom. The number of hydrogen-bond acceptors (Lipinski definition) is 3. The maximum Gasteiger partial charge on any atom is 0.341 e. The molecule has 0 radical (unpaired) electrons. The minimum Gasteiger partial charge on any atom is -0.477 e. The molecule has 102 valence electrons. The van der Waals surface area contributed by atoms with Gasteiger partial charge in [0.2, 0.25) is 0 Å². The zero-order chi connectivity index (χ0) is 14.4. The summed E-state index contributed by atoms with van der Waals surface area (Å²) in [4.78, 5) is 34.5. The molecule has 3 rings (SSSR count). The Balaban J connectivity index is 2.25. The summed E-state index contributed by atoms with van der Waals surface area (Å²) < 4.78 is 1.79. The van der Waals surface area contributed by atoms with E-state index in [9.17, 15) is 14.4 Å². The number of allylic oxidation sites excluding steroid dienone is 4. The van der Waals surface area contributed by atoms with Crippen LogP contribution in [-0.4, -0.2) is 21.4 Å². The predicted molar refractivity (Wildman–Crippen MR) is 72.7 cm³/mol. The third-order valence-corrected chi connectivity index (χ3v) is 3.82. The molecule has 1 atom stereocenters. The van der Waals surface area contributed by atoms with Crippen LogP contribution in [0.1, 0.15) is 41.9 Å². The van der Waals surface area contributed by atoms with Crippen LogP contribution in [-0.2, 0) is 4.79 Å². The highest BCUT2D eigenvalue weighted by Gasteiger charge is 2.27. The van der Waals surface area contributed by atoms with Crippen molar-refractivity contribution in [3.05, 3.63) is 51.5 Å². The van der Waals surface area contributed by atoms with Gasteiger partial charge in [-0.05, 0) is 30.6 Å². The van der Waals surface area contributed by atoms with Crippen molar-refractivity contribution in [2.75, 3.05) is 0 Å². The van der Waals surface area contributed by atoms with E-state index in [0.717, 1.165) is 17.6 Å². The molecule has 0 aromatic carbocycles. The highest BCUT2D eigenvalue weighted by Crippen LogP contribution is 2.37. The fourth-order valence-corrected chi connectivity index (χ4v) is 2.82. The van der Waals surface area contributed by atoms with Gasteiger partial charge in [0, 0.05) is 30.4 Å². The summed E-state index contributed by atoms with van der Waals surface area (Å²) in [6.07, 6.45) is 5.75. The lowest BCUT2D eigenvalue weighted by Crippen LogP contribution is -2.25. The minimum absolute atomic E-state index is 0.000358. The van der Waals surface area contributed by atoms with Gasteiger partial charge in [-0.2, -0.15) is 0 Å². The molecule has 5 heteroatoms. The van der Waals surface area contributed by atoms with E-state index in [-0.39, 0.29) is 23.8 Å². The highest BCUT2D eigenvalue weighted by molar-refractivity contribution is 6.01. The van der Waals surface area contributed by atoms with Gasteiger partial charge in [0.1, 0.15) is 5.56 Å². The lowest BCUT2D eigenvalue weighted by atomic mass is 9.86. The molecule has 1 aliphatic heterocycles. The number of nitrogens with zero attached hydrogens (tertiary/aromatic N) is 1. The molecule has 0 saturated heterocycles. The lowest BCUT2D eigenvalue weighted by molar-refractivity contribution is -0.113. The first-order chi connectivity index (χ1) is 9.47. The van der Waals surface area contributed by atoms with Crippen LogP contribution < -0.4 is 5.43 Å². The smallest absolute Gasteiger partial charge is 0.341 e. The topological polar surface area (TPSA) is 76.4 Å². The summed E-state index contributed by atoms with van der Waals surface area (Å²) in [5, 5.41) is 9.04. The molecule has 1 aromatic rings. The van der Waals surface area contributed by atoms with Crippen LogP contribution in [0.15, 0.2) is 34.8 Å². The van der Waals surface area contributed by atoms with Gasteiger partial charge in [-0.1, -0.05) is 6.08 Å². The summed E-state index contributed by atoms with van der Waals surface area (Å²) in [6.45, 7) is 1.97. The first-order valence-corrected chi connectivity index (χ1v) is 6.40. The van der Waals surface area contributed by atoms with Crippen LogP contribution in [0.2, 0.25) is 0 Å². The van der Waals surface area contributed by atoms with Gasteiger partial charge in [0.05, 0.1) is 0 Å². The number of carbonyl (C=O) groups excluding carboxylic acids is 1. The Labute approximate surface area is 114 Å². The van der Waals surface area contributed by atoms with E-state index in [4.69, 9.17) is 5.11 Å². The van der Waals surface area contributed by atoms with Gasteiger partial charge >= 0.3 is 5.97 Å². The molecule has 1 N–H and O–H groups in total. The van der Waals surface area contributed by atoms with Crippen molar-refractivity contribution in [2.24, 2.45) is 0 Å². The van der Waals surface area contributed by atoms with Gasteiger partial charge in [0.25, 0.3) is 0 Å². The van der Waals surface area contributed by atoms with Crippen molar-refractivity contribution < 1.29 is 14.7 Å². The zero-order valence-electron chi connectivity index (χ0n) is 10.9. The van der Waals surface area contributed by atoms with Crippen molar-refractivity contribution in [2.45, 2.75) is 25.8 Å². The molecule has 0 bridgehead atoms. The molecule has 0 saturated carbocycles. The number of pyridine rings is 1. The van der Waals surface area contributed by atoms with Gasteiger partial charge in [-0.25, -0.2) is 4.79 Å². The molecule has 1 aromatic heterocycles. The van der Waals surface area contributed by atoms with Crippen molar-refractivity contribution in [3.8, 4) is 0 Å². The number of carboxylic acid groups (broad SMARTS) is 1. The number of carbonyl (C=O) groups is 2. The van der Waals surface area contributed by atoms with Gasteiger partial charge < -0.3 is 9.67 Å². The van der Waals surface area contributed by atoms with Crippen molar-refractivity contribution in [1.82, 2.24) is 4.57 Å². The van der Waals surface area contributed by atoms with Crippen molar-refractivity contribution in [1.29, 1.82) is 0 Å². The average molecular weight is 271 g/mol. The van der Waals surface area contributed by atoms with Crippen molar-refractivity contribution in [3.63, 3.8) is 0 Å². The Morgan fingerprint density at radius 3 is 2.80 bits per heavy atom. The Kier molecular flexibility index (Phi) is 2.71. The van der Waals surface area contributed by atoms with Gasteiger partial charge in [-0.3, -0.25) is 9.59 Å². The molecular weight excluding hydrogens is 258 g/mol. The quantitative estimate of drug-likeness (QED) is 0.844. The largest absolute Gasteiger partial charge is 0.477 e. The predicted octanol–water partition coefficient (Wildman–Crippen LogP) is 1.79. The molecular formula is C15H13NO4. The summed E-state index contributed by atoms with van der Waals surface area (Å²) in [5.41, 5.74) is 1.80. The van der Waals surface area contributed by atoms with Gasteiger partial charge in [0.15, 0.2) is 11.2 Å². The first kappa shape index (κ1) is 12.6. The van der Waals surface area contributed by atoms with E-state index in [1.165, 1.54) is 12.3 Å². The molecule has 2 heterocycles.